The van der Waals surface area contributed by atoms with Gasteiger partial charge in [0.2, 0.25) is 11.8 Å². The van der Waals surface area contributed by atoms with Gasteiger partial charge in [0.25, 0.3) is 0 Å². The normalized spacial score (nSPS) is 10.4. The molecule has 0 aliphatic heterocycles. The number of anilines is 1. The molecule has 0 aliphatic carbocycles. The van der Waals surface area contributed by atoms with E-state index in [1.54, 1.807) is 19.1 Å². The molecular formula is C15H16N4O2. The number of likely N-dealkylation sites (N-methyl/N-ethyl adjacent to an activating group) is 1. The first kappa shape index (κ1) is 14.8. The minimum atomic E-state index is -0.176. The molecule has 1 amide bonds. The van der Waals surface area contributed by atoms with Crippen molar-refractivity contribution in [1.29, 1.82) is 5.26 Å². The molecule has 0 saturated heterocycles. The molecule has 6 heteroatoms. The quantitative estimate of drug-likeness (QED) is 0.907. The minimum absolute atomic E-state index is 0.176. The second-order valence-corrected chi connectivity index (χ2v) is 4.87. The zero-order chi connectivity index (χ0) is 15.2. The number of carbonyl (C=O) groups excluding carboxylic acids is 1. The molecule has 0 saturated carbocycles. The molecule has 0 radical (unpaired) electrons. The maximum atomic E-state index is 11.9. The van der Waals surface area contributed by atoms with Gasteiger partial charge in [-0.1, -0.05) is 17.3 Å². The van der Waals surface area contributed by atoms with Crippen molar-refractivity contribution in [3.63, 3.8) is 0 Å². The van der Waals surface area contributed by atoms with Gasteiger partial charge in [-0.2, -0.15) is 5.26 Å². The third-order valence-corrected chi connectivity index (χ3v) is 2.81. The molecule has 1 aromatic carbocycles. The Balaban J connectivity index is 1.87. The van der Waals surface area contributed by atoms with Crippen LogP contribution in [0.1, 0.15) is 16.8 Å². The molecular weight excluding hydrogens is 268 g/mol. The van der Waals surface area contributed by atoms with E-state index in [2.05, 4.69) is 16.5 Å². The van der Waals surface area contributed by atoms with Gasteiger partial charge in [-0.3, -0.25) is 15.0 Å². The van der Waals surface area contributed by atoms with E-state index in [9.17, 15) is 4.79 Å². The van der Waals surface area contributed by atoms with E-state index in [0.717, 1.165) is 5.56 Å². The summed E-state index contributed by atoms with van der Waals surface area (Å²) >= 11 is 0. The second-order valence-electron chi connectivity index (χ2n) is 4.87. The standard InChI is InChI=1S/C15H16N4O2/c1-11-6-15(21-18-11)17-14(20)10-19(2)9-13-5-3-4-12(7-13)8-16/h3-7H,9-10H2,1-2H3,(H,17,20). The number of benzene rings is 1. The summed E-state index contributed by atoms with van der Waals surface area (Å²) in [5, 5.41) is 15.2. The number of aromatic nitrogens is 1. The highest BCUT2D eigenvalue weighted by Gasteiger charge is 2.10. The molecule has 2 rings (SSSR count). The molecule has 6 nitrogen and oxygen atoms in total. The maximum absolute atomic E-state index is 11.9. The van der Waals surface area contributed by atoms with Gasteiger partial charge >= 0.3 is 0 Å². The van der Waals surface area contributed by atoms with Crippen molar-refractivity contribution < 1.29 is 9.32 Å². The van der Waals surface area contributed by atoms with Gasteiger partial charge in [0.15, 0.2) is 0 Å². The van der Waals surface area contributed by atoms with E-state index < -0.39 is 0 Å². The van der Waals surface area contributed by atoms with Crippen molar-refractivity contribution >= 4 is 11.8 Å². The van der Waals surface area contributed by atoms with Crippen LogP contribution in [0.25, 0.3) is 0 Å². The Morgan fingerprint density at radius 2 is 2.29 bits per heavy atom. The largest absolute Gasteiger partial charge is 0.338 e. The lowest BCUT2D eigenvalue weighted by molar-refractivity contribution is -0.117. The van der Waals surface area contributed by atoms with Crippen molar-refractivity contribution in [3.8, 4) is 6.07 Å². The summed E-state index contributed by atoms with van der Waals surface area (Å²) in [6, 6.07) is 11.1. The zero-order valence-corrected chi connectivity index (χ0v) is 12.0. The van der Waals surface area contributed by atoms with Crippen LogP contribution in [0.2, 0.25) is 0 Å². The van der Waals surface area contributed by atoms with Crippen LogP contribution in [-0.4, -0.2) is 29.6 Å². The first-order valence-electron chi connectivity index (χ1n) is 6.47. The fourth-order valence-corrected chi connectivity index (χ4v) is 1.95. The Labute approximate surface area is 123 Å². The van der Waals surface area contributed by atoms with E-state index in [4.69, 9.17) is 9.78 Å². The van der Waals surface area contributed by atoms with E-state index in [-0.39, 0.29) is 12.5 Å². The molecule has 0 unspecified atom stereocenters. The Morgan fingerprint density at radius 1 is 1.48 bits per heavy atom. The smallest absolute Gasteiger partial charge is 0.240 e. The summed E-state index contributed by atoms with van der Waals surface area (Å²) in [6.45, 7) is 2.59. The number of amides is 1. The summed E-state index contributed by atoms with van der Waals surface area (Å²) in [5.41, 5.74) is 2.31. The molecule has 0 atom stereocenters. The predicted octanol–water partition coefficient (Wildman–Crippen LogP) is 1.93. The summed E-state index contributed by atoms with van der Waals surface area (Å²) in [7, 11) is 1.84. The van der Waals surface area contributed by atoms with Crippen LogP contribution in [-0.2, 0) is 11.3 Å². The number of nitriles is 1. The number of nitrogens with zero attached hydrogens (tertiary/aromatic N) is 3. The molecule has 108 valence electrons. The lowest BCUT2D eigenvalue weighted by atomic mass is 10.1. The molecule has 0 spiro atoms. The third kappa shape index (κ3) is 4.44. The first-order valence-corrected chi connectivity index (χ1v) is 6.47. The van der Waals surface area contributed by atoms with Crippen LogP contribution in [0, 0.1) is 18.3 Å². The molecule has 1 N–H and O–H groups in total. The fraction of sp³-hybridized carbons (Fsp3) is 0.267. The van der Waals surface area contributed by atoms with Crippen molar-refractivity contribution in [1.82, 2.24) is 10.1 Å². The molecule has 1 aromatic heterocycles. The molecule has 0 aliphatic rings. The van der Waals surface area contributed by atoms with Crippen molar-refractivity contribution in [2.75, 3.05) is 18.9 Å². The molecule has 0 fully saturated rings. The molecule has 2 aromatic rings. The highest BCUT2D eigenvalue weighted by Crippen LogP contribution is 2.09. The number of carbonyl (C=O) groups is 1. The van der Waals surface area contributed by atoms with Crippen molar-refractivity contribution in [3.05, 3.63) is 47.2 Å². The Hall–Kier alpha value is -2.65. The van der Waals surface area contributed by atoms with Gasteiger partial charge in [-0.15, -0.1) is 0 Å². The number of aryl methyl sites for hydroxylation is 1. The van der Waals surface area contributed by atoms with Crippen LogP contribution < -0.4 is 5.32 Å². The van der Waals surface area contributed by atoms with Gasteiger partial charge in [0, 0.05) is 12.6 Å². The average Bonchev–Trinajstić information content (AvgIpc) is 2.83. The fourth-order valence-electron chi connectivity index (χ4n) is 1.95. The predicted molar refractivity (Wildman–Crippen MR) is 77.4 cm³/mol. The summed E-state index contributed by atoms with van der Waals surface area (Å²) in [4.78, 5) is 13.7. The van der Waals surface area contributed by atoms with Crippen molar-refractivity contribution in [2.45, 2.75) is 13.5 Å². The van der Waals surface area contributed by atoms with Crippen LogP contribution >= 0.6 is 0 Å². The highest BCUT2D eigenvalue weighted by molar-refractivity contribution is 5.90. The minimum Gasteiger partial charge on any atom is -0.338 e. The molecule has 21 heavy (non-hydrogen) atoms. The maximum Gasteiger partial charge on any atom is 0.240 e. The van der Waals surface area contributed by atoms with Crippen LogP contribution in [0.15, 0.2) is 34.9 Å². The second kappa shape index (κ2) is 6.68. The summed E-state index contributed by atoms with van der Waals surface area (Å²) in [5.74, 6) is 0.169. The molecule has 1 heterocycles. The van der Waals surface area contributed by atoms with Crippen LogP contribution in [0.3, 0.4) is 0 Å². The van der Waals surface area contributed by atoms with Gasteiger partial charge in [0.05, 0.1) is 23.9 Å². The van der Waals surface area contributed by atoms with E-state index in [1.807, 2.05) is 30.1 Å². The van der Waals surface area contributed by atoms with Crippen LogP contribution in [0.5, 0.6) is 0 Å². The lowest BCUT2D eigenvalue weighted by Crippen LogP contribution is -2.29. The van der Waals surface area contributed by atoms with E-state index in [0.29, 0.717) is 23.7 Å². The SMILES string of the molecule is Cc1cc(NC(=O)CN(C)Cc2cccc(C#N)c2)on1. The van der Waals surface area contributed by atoms with Crippen molar-refractivity contribution in [2.24, 2.45) is 0 Å². The van der Waals surface area contributed by atoms with Gasteiger partial charge in [-0.05, 0) is 31.7 Å². The topological polar surface area (TPSA) is 82.2 Å². The lowest BCUT2D eigenvalue weighted by Gasteiger charge is -2.15. The zero-order valence-electron chi connectivity index (χ0n) is 12.0. The number of hydrogen-bond donors (Lipinski definition) is 1. The number of hydrogen-bond acceptors (Lipinski definition) is 5. The average molecular weight is 284 g/mol. The monoisotopic (exact) mass is 284 g/mol. The molecule has 0 bridgehead atoms. The third-order valence-electron chi connectivity index (χ3n) is 2.81. The highest BCUT2D eigenvalue weighted by atomic mass is 16.5. The first-order chi connectivity index (χ1) is 10.1. The Bertz CT molecular complexity index is 672. The van der Waals surface area contributed by atoms with Crippen LogP contribution in [0.4, 0.5) is 5.88 Å². The summed E-state index contributed by atoms with van der Waals surface area (Å²) in [6.07, 6.45) is 0. The van der Waals surface area contributed by atoms with Gasteiger partial charge < -0.3 is 4.52 Å². The Kier molecular flexibility index (Phi) is 4.69. The number of nitrogens with one attached hydrogen (secondary N) is 1. The van der Waals surface area contributed by atoms with E-state index >= 15 is 0 Å². The van der Waals surface area contributed by atoms with E-state index in [1.165, 1.54) is 0 Å². The van der Waals surface area contributed by atoms with Gasteiger partial charge in [-0.25, -0.2) is 0 Å². The summed E-state index contributed by atoms with van der Waals surface area (Å²) < 4.78 is 4.93. The van der Waals surface area contributed by atoms with Gasteiger partial charge in [0.1, 0.15) is 0 Å². The Morgan fingerprint density at radius 3 is 2.95 bits per heavy atom. The number of rotatable bonds is 5.